The van der Waals surface area contributed by atoms with Crippen molar-refractivity contribution in [3.8, 4) is 0 Å². The maximum Gasteiger partial charge on any atom is 0.271 e. The summed E-state index contributed by atoms with van der Waals surface area (Å²) < 4.78 is 22.8. The normalized spacial score (nSPS) is 19.8. The molecule has 1 amide bonds. The first-order chi connectivity index (χ1) is 10.5. The summed E-state index contributed by atoms with van der Waals surface area (Å²) in [4.78, 5) is 20.0. The van der Waals surface area contributed by atoms with Crippen molar-refractivity contribution in [3.05, 3.63) is 18.1 Å². The SMILES string of the molecule is CCCCCNC(=O)c1cnc(NC2CCS(=O)(=O)C2)cn1. The molecule has 0 aromatic carbocycles. The number of sulfone groups is 1. The molecule has 0 spiro atoms. The molecule has 0 aliphatic carbocycles. The highest BCUT2D eigenvalue weighted by Crippen LogP contribution is 2.15. The molecule has 1 unspecified atom stereocenters. The first kappa shape index (κ1) is 16.7. The van der Waals surface area contributed by atoms with E-state index in [0.29, 0.717) is 18.8 Å². The fraction of sp³-hybridized carbons (Fsp3) is 0.643. The minimum atomic E-state index is -2.93. The second-order valence-corrected chi connectivity index (χ2v) is 7.72. The van der Waals surface area contributed by atoms with Gasteiger partial charge in [0.2, 0.25) is 0 Å². The third-order valence-corrected chi connectivity index (χ3v) is 5.30. The van der Waals surface area contributed by atoms with Gasteiger partial charge >= 0.3 is 0 Å². The summed E-state index contributed by atoms with van der Waals surface area (Å²) in [6, 6.07) is -0.131. The Morgan fingerprint density at radius 1 is 1.32 bits per heavy atom. The number of amides is 1. The first-order valence-electron chi connectivity index (χ1n) is 7.57. The van der Waals surface area contributed by atoms with Crippen LogP contribution < -0.4 is 10.6 Å². The molecule has 1 aromatic rings. The van der Waals surface area contributed by atoms with Gasteiger partial charge in [0.1, 0.15) is 11.5 Å². The second kappa shape index (κ2) is 7.53. The van der Waals surface area contributed by atoms with E-state index in [-0.39, 0.29) is 29.1 Å². The van der Waals surface area contributed by atoms with Crippen molar-refractivity contribution in [2.24, 2.45) is 0 Å². The Hall–Kier alpha value is -1.70. The number of aromatic nitrogens is 2. The van der Waals surface area contributed by atoms with Crippen molar-refractivity contribution in [1.82, 2.24) is 15.3 Å². The van der Waals surface area contributed by atoms with Crippen LogP contribution in [0.15, 0.2) is 12.4 Å². The molecule has 0 bridgehead atoms. The highest BCUT2D eigenvalue weighted by molar-refractivity contribution is 7.91. The second-order valence-electron chi connectivity index (χ2n) is 5.49. The van der Waals surface area contributed by atoms with Crippen LogP contribution in [0.1, 0.15) is 43.1 Å². The van der Waals surface area contributed by atoms with Crippen molar-refractivity contribution >= 4 is 21.6 Å². The number of carbonyl (C=O) groups is 1. The third-order valence-electron chi connectivity index (χ3n) is 3.53. The fourth-order valence-electron chi connectivity index (χ4n) is 2.31. The zero-order valence-electron chi connectivity index (χ0n) is 12.7. The third kappa shape index (κ3) is 4.94. The van der Waals surface area contributed by atoms with E-state index in [2.05, 4.69) is 27.5 Å². The van der Waals surface area contributed by atoms with Gasteiger partial charge in [0, 0.05) is 12.6 Å². The summed E-state index contributed by atoms with van der Waals surface area (Å²) in [5.41, 5.74) is 0.265. The van der Waals surface area contributed by atoms with E-state index in [1.807, 2.05) is 0 Å². The minimum absolute atomic E-state index is 0.119. The zero-order valence-corrected chi connectivity index (χ0v) is 13.5. The molecule has 0 saturated carbocycles. The predicted molar refractivity (Wildman–Crippen MR) is 84.6 cm³/mol. The maximum atomic E-state index is 11.8. The van der Waals surface area contributed by atoms with E-state index in [9.17, 15) is 13.2 Å². The van der Waals surface area contributed by atoms with Crippen molar-refractivity contribution in [3.63, 3.8) is 0 Å². The van der Waals surface area contributed by atoms with Gasteiger partial charge in [0.25, 0.3) is 5.91 Å². The summed E-state index contributed by atoms with van der Waals surface area (Å²) >= 11 is 0. The first-order valence-corrected chi connectivity index (χ1v) is 9.39. The number of carbonyl (C=O) groups excluding carboxylic acids is 1. The van der Waals surface area contributed by atoms with Gasteiger partial charge < -0.3 is 10.6 Å². The summed E-state index contributed by atoms with van der Waals surface area (Å²) in [5, 5.41) is 5.83. The van der Waals surface area contributed by atoms with Gasteiger partial charge in [-0.25, -0.2) is 18.4 Å². The number of nitrogens with zero attached hydrogens (tertiary/aromatic N) is 2. The number of nitrogens with one attached hydrogen (secondary N) is 2. The standard InChI is InChI=1S/C14H22N4O3S/c1-2-3-4-6-15-14(19)12-8-17-13(9-16-12)18-11-5-7-22(20,21)10-11/h8-9,11H,2-7,10H2,1H3,(H,15,19)(H,17,18). The van der Waals surface area contributed by atoms with Crippen LogP contribution in [0.4, 0.5) is 5.82 Å². The molecule has 122 valence electrons. The Bertz CT molecular complexity index is 601. The van der Waals surface area contributed by atoms with E-state index in [1.54, 1.807) is 0 Å². The Kier molecular flexibility index (Phi) is 5.70. The number of unbranched alkanes of at least 4 members (excludes halogenated alkanes) is 2. The van der Waals surface area contributed by atoms with Crippen LogP contribution in [0.3, 0.4) is 0 Å². The van der Waals surface area contributed by atoms with Gasteiger partial charge in [0.15, 0.2) is 9.84 Å². The quantitative estimate of drug-likeness (QED) is 0.725. The molecular formula is C14H22N4O3S. The average molecular weight is 326 g/mol. The molecule has 1 fully saturated rings. The lowest BCUT2D eigenvalue weighted by Gasteiger charge is -2.11. The largest absolute Gasteiger partial charge is 0.365 e. The van der Waals surface area contributed by atoms with Crippen LogP contribution in [0.25, 0.3) is 0 Å². The smallest absolute Gasteiger partial charge is 0.271 e. The molecule has 0 radical (unpaired) electrons. The highest BCUT2D eigenvalue weighted by Gasteiger charge is 2.27. The van der Waals surface area contributed by atoms with Crippen molar-refractivity contribution in [2.75, 3.05) is 23.4 Å². The molecule has 2 N–H and O–H groups in total. The molecule has 1 aliphatic heterocycles. The summed E-state index contributed by atoms with van der Waals surface area (Å²) in [6.45, 7) is 2.74. The van der Waals surface area contributed by atoms with E-state index >= 15 is 0 Å². The van der Waals surface area contributed by atoms with E-state index < -0.39 is 9.84 Å². The van der Waals surface area contributed by atoms with E-state index in [0.717, 1.165) is 19.3 Å². The summed E-state index contributed by atoms with van der Waals surface area (Å²) in [6.07, 6.45) is 6.58. The molecule has 1 aromatic heterocycles. The maximum absolute atomic E-state index is 11.8. The number of anilines is 1. The van der Waals surface area contributed by atoms with Crippen molar-refractivity contribution in [2.45, 2.75) is 38.6 Å². The topological polar surface area (TPSA) is 101 Å². The molecule has 22 heavy (non-hydrogen) atoms. The van der Waals surface area contributed by atoms with Crippen LogP contribution in [-0.4, -0.2) is 48.4 Å². The fourth-order valence-corrected chi connectivity index (χ4v) is 3.98. The monoisotopic (exact) mass is 326 g/mol. The van der Waals surface area contributed by atoms with Gasteiger partial charge in [-0.1, -0.05) is 19.8 Å². The van der Waals surface area contributed by atoms with Crippen LogP contribution in [0, 0.1) is 0 Å². The lowest BCUT2D eigenvalue weighted by Crippen LogP contribution is -2.26. The van der Waals surface area contributed by atoms with Crippen molar-refractivity contribution < 1.29 is 13.2 Å². The Balaban J connectivity index is 1.83. The summed E-state index contributed by atoms with van der Waals surface area (Å²) in [7, 11) is -2.93. The predicted octanol–water partition coefficient (Wildman–Crippen LogP) is 0.996. The number of rotatable bonds is 7. The molecule has 2 rings (SSSR count). The van der Waals surface area contributed by atoms with Gasteiger partial charge in [0.05, 0.1) is 23.9 Å². The van der Waals surface area contributed by atoms with Gasteiger partial charge in [-0.3, -0.25) is 4.79 Å². The average Bonchev–Trinajstić information content (AvgIpc) is 2.83. The molecule has 7 nitrogen and oxygen atoms in total. The molecule has 2 heterocycles. The van der Waals surface area contributed by atoms with E-state index in [4.69, 9.17) is 0 Å². The van der Waals surface area contributed by atoms with Gasteiger partial charge in [-0.2, -0.15) is 0 Å². The highest BCUT2D eigenvalue weighted by atomic mass is 32.2. The van der Waals surface area contributed by atoms with Crippen LogP contribution in [-0.2, 0) is 9.84 Å². The van der Waals surface area contributed by atoms with E-state index in [1.165, 1.54) is 12.4 Å². The Morgan fingerprint density at radius 2 is 2.14 bits per heavy atom. The van der Waals surface area contributed by atoms with Crippen molar-refractivity contribution in [1.29, 1.82) is 0 Å². The molecule has 1 aliphatic rings. The molecule has 8 heteroatoms. The molecule has 1 atom stereocenters. The zero-order chi connectivity index (χ0) is 16.0. The van der Waals surface area contributed by atoms with Crippen LogP contribution >= 0.6 is 0 Å². The van der Waals surface area contributed by atoms with Gasteiger partial charge in [-0.05, 0) is 12.8 Å². The molecular weight excluding hydrogens is 304 g/mol. The lowest BCUT2D eigenvalue weighted by molar-refractivity contribution is 0.0947. The summed E-state index contributed by atoms with van der Waals surface area (Å²) in [5.74, 6) is 0.577. The number of hydrogen-bond acceptors (Lipinski definition) is 6. The Labute approximate surface area is 130 Å². The Morgan fingerprint density at radius 3 is 2.73 bits per heavy atom. The minimum Gasteiger partial charge on any atom is -0.365 e. The number of hydrogen-bond donors (Lipinski definition) is 2. The lowest BCUT2D eigenvalue weighted by atomic mass is 10.2. The van der Waals surface area contributed by atoms with Crippen LogP contribution in [0.5, 0.6) is 0 Å². The van der Waals surface area contributed by atoms with Crippen LogP contribution in [0.2, 0.25) is 0 Å². The van der Waals surface area contributed by atoms with Gasteiger partial charge in [-0.15, -0.1) is 0 Å². The molecule has 1 saturated heterocycles.